The van der Waals surface area contributed by atoms with Crippen LogP contribution in [0, 0.1) is 0 Å². The second kappa shape index (κ2) is 12.3. The fraction of sp³-hybridized carbons (Fsp3) is 0.889. The van der Waals surface area contributed by atoms with Crippen LogP contribution in [-0.4, -0.2) is 53.5 Å². The van der Waals surface area contributed by atoms with E-state index in [4.69, 9.17) is 19.4 Å². The van der Waals surface area contributed by atoms with Crippen molar-refractivity contribution in [1.29, 1.82) is 0 Å². The van der Waals surface area contributed by atoms with Crippen molar-refractivity contribution in [2.75, 3.05) is 47.6 Å². The molecule has 0 radical (unpaired) electrons. The van der Waals surface area contributed by atoms with Crippen molar-refractivity contribution in [3.63, 3.8) is 0 Å². The molecule has 0 aromatic carbocycles. The predicted octanol–water partition coefficient (Wildman–Crippen LogP) is -2.45. The molecule has 0 saturated carbocycles. The summed E-state index contributed by atoms with van der Waals surface area (Å²) in [6.07, 6.45) is 0. The Bertz CT molecular complexity index is 118. The average molecular weight is 207 g/mol. The normalized spacial score (nSPS) is 9.50. The minimum Gasteiger partial charge on any atom is -0.550 e. The van der Waals surface area contributed by atoms with E-state index >= 15 is 0 Å². The van der Waals surface area contributed by atoms with E-state index in [0.29, 0.717) is 0 Å². The molecule has 0 aromatic rings. The summed E-state index contributed by atoms with van der Waals surface area (Å²) in [4.78, 5) is 10.3. The van der Waals surface area contributed by atoms with Gasteiger partial charge in [-0.1, -0.05) is 0 Å². The standard InChI is InChI=1S/C7H17NO2.C2H4O2/c1-8(4-6-9-2)5-7-10-3;1-2(3)4/h4-7H2,1-3H3;1H3,(H,3,4). The van der Waals surface area contributed by atoms with Crippen LogP contribution in [0.5, 0.6) is 0 Å². The van der Waals surface area contributed by atoms with E-state index < -0.39 is 5.97 Å². The molecule has 0 aliphatic heterocycles. The van der Waals surface area contributed by atoms with E-state index in [1.807, 2.05) is 0 Å². The molecular weight excluding hydrogens is 186 g/mol. The molecule has 5 heteroatoms. The zero-order chi connectivity index (χ0) is 11.4. The first-order valence-electron chi connectivity index (χ1n) is 4.51. The number of rotatable bonds is 6. The number of ether oxygens (including phenoxy) is 2. The number of quaternary nitrogens is 1. The van der Waals surface area contributed by atoms with Crippen LogP contribution in [0.15, 0.2) is 0 Å². The van der Waals surface area contributed by atoms with Crippen molar-refractivity contribution in [2.24, 2.45) is 0 Å². The van der Waals surface area contributed by atoms with E-state index in [9.17, 15) is 0 Å². The molecule has 0 spiro atoms. The number of carboxylic acids is 1. The first kappa shape index (κ1) is 15.8. The lowest BCUT2D eigenvalue weighted by Crippen LogP contribution is -3.10. The molecule has 0 aliphatic rings. The van der Waals surface area contributed by atoms with Crippen LogP contribution in [0.1, 0.15) is 6.92 Å². The highest BCUT2D eigenvalue weighted by Gasteiger charge is 1.98. The Balaban J connectivity index is 0. The highest BCUT2D eigenvalue weighted by molar-refractivity contribution is 5.60. The Morgan fingerprint density at radius 1 is 1.21 bits per heavy atom. The lowest BCUT2D eigenvalue weighted by molar-refractivity contribution is -0.880. The lowest BCUT2D eigenvalue weighted by atomic mass is 10.5. The van der Waals surface area contributed by atoms with Crippen LogP contribution in [0.25, 0.3) is 0 Å². The number of methoxy groups -OCH3 is 2. The van der Waals surface area contributed by atoms with Gasteiger partial charge in [0.15, 0.2) is 0 Å². The van der Waals surface area contributed by atoms with Gasteiger partial charge in [-0.2, -0.15) is 0 Å². The van der Waals surface area contributed by atoms with E-state index in [2.05, 4.69) is 7.05 Å². The third kappa shape index (κ3) is 22.5. The molecule has 0 heterocycles. The number of carbonyl (C=O) groups is 1. The summed E-state index contributed by atoms with van der Waals surface area (Å²) in [6, 6.07) is 0. The van der Waals surface area contributed by atoms with Crippen LogP contribution < -0.4 is 10.0 Å². The lowest BCUT2D eigenvalue weighted by Gasteiger charge is -2.11. The Hall–Kier alpha value is -0.650. The van der Waals surface area contributed by atoms with Gasteiger partial charge in [-0.05, 0) is 6.92 Å². The van der Waals surface area contributed by atoms with Gasteiger partial charge in [0.05, 0.1) is 20.3 Å². The zero-order valence-corrected chi connectivity index (χ0v) is 9.46. The topological polar surface area (TPSA) is 63.0 Å². The number of likely N-dealkylation sites (N-methyl/N-ethyl adjacent to an activating group) is 1. The van der Waals surface area contributed by atoms with Crippen molar-refractivity contribution in [2.45, 2.75) is 6.92 Å². The molecule has 0 rings (SSSR count). The van der Waals surface area contributed by atoms with Gasteiger partial charge >= 0.3 is 0 Å². The molecule has 0 atom stereocenters. The number of aliphatic carboxylic acids is 1. The third-order valence-corrected chi connectivity index (χ3v) is 1.47. The van der Waals surface area contributed by atoms with Gasteiger partial charge < -0.3 is 24.3 Å². The van der Waals surface area contributed by atoms with Crippen LogP contribution >= 0.6 is 0 Å². The second-order valence-corrected chi connectivity index (χ2v) is 2.93. The molecule has 86 valence electrons. The van der Waals surface area contributed by atoms with Crippen molar-refractivity contribution in [3.8, 4) is 0 Å². The predicted molar refractivity (Wildman–Crippen MR) is 51.1 cm³/mol. The van der Waals surface area contributed by atoms with Crippen molar-refractivity contribution >= 4 is 5.97 Å². The third-order valence-electron chi connectivity index (χ3n) is 1.47. The minimum absolute atomic E-state index is 0.829. The summed E-state index contributed by atoms with van der Waals surface area (Å²) in [5, 5.41) is 8.89. The molecule has 0 unspecified atom stereocenters. The summed E-state index contributed by atoms with van der Waals surface area (Å²) in [5.74, 6) is -1.08. The molecule has 0 amide bonds. The Morgan fingerprint density at radius 3 is 1.71 bits per heavy atom. The van der Waals surface area contributed by atoms with Crippen LogP contribution in [0.4, 0.5) is 0 Å². The Labute approximate surface area is 85.6 Å². The number of nitrogens with one attached hydrogen (secondary N) is 1. The molecular formula is C9H21NO4. The van der Waals surface area contributed by atoms with Gasteiger partial charge in [0.2, 0.25) is 0 Å². The summed E-state index contributed by atoms with van der Waals surface area (Å²) in [7, 11) is 5.59. The molecule has 0 aliphatic carbocycles. The molecule has 0 fully saturated rings. The molecule has 0 aromatic heterocycles. The number of hydrogen-bond acceptors (Lipinski definition) is 4. The maximum absolute atomic E-state index is 8.89. The highest BCUT2D eigenvalue weighted by Crippen LogP contribution is 1.60. The summed E-state index contributed by atoms with van der Waals surface area (Å²) in [5.41, 5.74) is 0. The van der Waals surface area contributed by atoms with Gasteiger partial charge in [0.25, 0.3) is 0 Å². The smallest absolute Gasteiger partial charge is 0.101 e. The fourth-order valence-corrected chi connectivity index (χ4v) is 0.678. The fourth-order valence-electron chi connectivity index (χ4n) is 0.678. The monoisotopic (exact) mass is 207 g/mol. The molecule has 0 bridgehead atoms. The van der Waals surface area contributed by atoms with Gasteiger partial charge in [-0.3, -0.25) is 0 Å². The number of carboxylic acid groups (broad SMARTS) is 1. The zero-order valence-electron chi connectivity index (χ0n) is 9.46. The second-order valence-electron chi connectivity index (χ2n) is 2.93. The van der Waals surface area contributed by atoms with E-state index in [1.54, 1.807) is 14.2 Å². The van der Waals surface area contributed by atoms with E-state index in [-0.39, 0.29) is 0 Å². The van der Waals surface area contributed by atoms with Crippen molar-refractivity contribution in [1.82, 2.24) is 0 Å². The largest absolute Gasteiger partial charge is 0.550 e. The van der Waals surface area contributed by atoms with Crippen LogP contribution in [0.3, 0.4) is 0 Å². The quantitative estimate of drug-likeness (QED) is 0.525. The first-order chi connectivity index (χ1) is 6.54. The molecule has 5 nitrogen and oxygen atoms in total. The van der Waals surface area contributed by atoms with Gasteiger partial charge in [0.1, 0.15) is 13.1 Å². The van der Waals surface area contributed by atoms with Crippen LogP contribution in [-0.2, 0) is 14.3 Å². The SMILES string of the molecule is CC(=O)[O-].COCC[NH+](C)CCOC. The molecule has 1 N–H and O–H groups in total. The molecule has 0 saturated heterocycles. The average Bonchev–Trinajstić information content (AvgIpc) is 2.10. The number of hydrogen-bond donors (Lipinski definition) is 1. The van der Waals surface area contributed by atoms with E-state index in [0.717, 1.165) is 33.2 Å². The Kier molecular flexibility index (Phi) is 13.9. The highest BCUT2D eigenvalue weighted by atomic mass is 16.5. The maximum atomic E-state index is 8.89. The van der Waals surface area contributed by atoms with Crippen LogP contribution in [0.2, 0.25) is 0 Å². The van der Waals surface area contributed by atoms with Gasteiger partial charge in [-0.15, -0.1) is 0 Å². The first-order valence-corrected chi connectivity index (χ1v) is 4.51. The van der Waals surface area contributed by atoms with E-state index in [1.165, 1.54) is 4.90 Å². The van der Waals surface area contributed by atoms with Crippen molar-refractivity contribution < 1.29 is 24.3 Å². The van der Waals surface area contributed by atoms with Gasteiger partial charge in [-0.25, -0.2) is 0 Å². The summed E-state index contributed by atoms with van der Waals surface area (Å²) in [6.45, 7) is 4.74. The molecule has 14 heavy (non-hydrogen) atoms. The van der Waals surface area contributed by atoms with Crippen molar-refractivity contribution in [3.05, 3.63) is 0 Å². The Morgan fingerprint density at radius 2 is 1.50 bits per heavy atom. The van der Waals surface area contributed by atoms with Gasteiger partial charge in [0, 0.05) is 20.2 Å². The maximum Gasteiger partial charge on any atom is 0.101 e. The summed E-state index contributed by atoms with van der Waals surface area (Å²) >= 11 is 0. The minimum atomic E-state index is -1.08. The number of carbonyl (C=O) groups excluding carboxylic acids is 1. The summed E-state index contributed by atoms with van der Waals surface area (Å²) < 4.78 is 9.86.